The SMILES string of the molecule is C[C@H]1c2cccn2CCN1CC(=O)N1N=C(c2ccc(Cl)cc2)C[C@H]1c1ccco1. The molecule has 0 saturated heterocycles. The number of halogens is 1. The Balaban J connectivity index is 1.39. The fraction of sp³-hybridized carbons (Fsp3) is 0.304. The van der Waals surface area contributed by atoms with E-state index in [4.69, 9.17) is 21.1 Å². The zero-order valence-corrected chi connectivity index (χ0v) is 17.5. The van der Waals surface area contributed by atoms with Crippen molar-refractivity contribution < 1.29 is 9.21 Å². The van der Waals surface area contributed by atoms with Gasteiger partial charge in [-0.2, -0.15) is 5.10 Å². The summed E-state index contributed by atoms with van der Waals surface area (Å²) in [5.74, 6) is 0.726. The van der Waals surface area contributed by atoms with Gasteiger partial charge in [0.05, 0.1) is 18.5 Å². The number of aromatic nitrogens is 1. The molecule has 0 bridgehead atoms. The monoisotopic (exact) mass is 422 g/mol. The minimum atomic E-state index is -0.234. The second kappa shape index (κ2) is 7.78. The van der Waals surface area contributed by atoms with E-state index >= 15 is 0 Å². The molecule has 6 nitrogen and oxygen atoms in total. The van der Waals surface area contributed by atoms with Gasteiger partial charge in [0.15, 0.2) is 0 Å². The van der Waals surface area contributed by atoms with E-state index in [0.717, 1.165) is 30.1 Å². The average molecular weight is 423 g/mol. The molecule has 0 radical (unpaired) electrons. The molecule has 7 heteroatoms. The van der Waals surface area contributed by atoms with E-state index in [1.165, 1.54) is 5.69 Å². The molecule has 0 aliphatic carbocycles. The molecule has 0 fully saturated rings. The van der Waals surface area contributed by atoms with Crippen LogP contribution in [0.25, 0.3) is 0 Å². The first-order valence-corrected chi connectivity index (χ1v) is 10.6. The van der Waals surface area contributed by atoms with E-state index in [1.54, 1.807) is 11.3 Å². The molecule has 2 aromatic heterocycles. The van der Waals surface area contributed by atoms with Crippen LogP contribution in [-0.4, -0.2) is 39.2 Å². The van der Waals surface area contributed by atoms with Gasteiger partial charge in [-0.15, -0.1) is 0 Å². The molecule has 2 aliphatic heterocycles. The van der Waals surface area contributed by atoms with E-state index in [9.17, 15) is 4.79 Å². The molecule has 0 N–H and O–H groups in total. The maximum atomic E-state index is 13.4. The van der Waals surface area contributed by atoms with Crippen molar-refractivity contribution in [1.29, 1.82) is 0 Å². The highest BCUT2D eigenvalue weighted by atomic mass is 35.5. The Labute approximate surface area is 180 Å². The number of rotatable bonds is 4. The Morgan fingerprint density at radius 2 is 2.00 bits per heavy atom. The molecular weight excluding hydrogens is 400 g/mol. The lowest BCUT2D eigenvalue weighted by atomic mass is 10.0. The second-order valence-corrected chi connectivity index (χ2v) is 8.24. The first-order chi connectivity index (χ1) is 14.6. The van der Waals surface area contributed by atoms with Gasteiger partial charge >= 0.3 is 0 Å². The van der Waals surface area contributed by atoms with E-state index in [-0.39, 0.29) is 18.0 Å². The van der Waals surface area contributed by atoms with Crippen LogP contribution in [0.5, 0.6) is 0 Å². The number of nitrogens with zero attached hydrogens (tertiary/aromatic N) is 4. The van der Waals surface area contributed by atoms with Crippen molar-refractivity contribution in [2.24, 2.45) is 5.10 Å². The number of hydrogen-bond donors (Lipinski definition) is 0. The summed E-state index contributed by atoms with van der Waals surface area (Å²) in [6.07, 6.45) is 4.35. The Hall–Kier alpha value is -2.83. The summed E-state index contributed by atoms with van der Waals surface area (Å²) >= 11 is 6.03. The lowest BCUT2D eigenvalue weighted by Gasteiger charge is -2.35. The van der Waals surface area contributed by atoms with Gasteiger partial charge in [-0.3, -0.25) is 9.69 Å². The van der Waals surface area contributed by atoms with Crippen LogP contribution >= 0.6 is 11.6 Å². The molecule has 4 heterocycles. The maximum absolute atomic E-state index is 13.4. The first-order valence-electron chi connectivity index (χ1n) is 10.2. The van der Waals surface area contributed by atoms with Crippen molar-refractivity contribution in [3.63, 3.8) is 0 Å². The number of benzene rings is 1. The highest BCUT2D eigenvalue weighted by molar-refractivity contribution is 6.30. The van der Waals surface area contributed by atoms with Gasteiger partial charge in [-0.1, -0.05) is 23.7 Å². The standard InChI is InChI=1S/C23H23ClN4O2/c1-16-20-4-2-10-26(20)11-12-27(16)15-23(29)28-21(22-5-3-13-30-22)14-19(25-28)17-6-8-18(24)9-7-17/h2-10,13,16,21H,11-12,14-15H2,1H3/t16-,21-/m0/s1. The van der Waals surface area contributed by atoms with E-state index in [0.29, 0.717) is 18.0 Å². The summed E-state index contributed by atoms with van der Waals surface area (Å²) in [6, 6.07) is 15.5. The smallest absolute Gasteiger partial charge is 0.257 e. The summed E-state index contributed by atoms with van der Waals surface area (Å²) in [5.41, 5.74) is 3.07. The topological polar surface area (TPSA) is 54.0 Å². The van der Waals surface area contributed by atoms with Gasteiger partial charge in [-0.05, 0) is 48.9 Å². The lowest BCUT2D eigenvalue weighted by Crippen LogP contribution is -2.43. The molecule has 3 aromatic rings. The van der Waals surface area contributed by atoms with Crippen LogP contribution in [0.15, 0.2) is 70.5 Å². The Morgan fingerprint density at radius 3 is 2.77 bits per heavy atom. The number of furan rings is 1. The van der Waals surface area contributed by atoms with Gasteiger partial charge < -0.3 is 8.98 Å². The largest absolute Gasteiger partial charge is 0.467 e. The Kier molecular flexibility index (Phi) is 4.97. The third kappa shape index (κ3) is 3.46. The third-order valence-electron chi connectivity index (χ3n) is 6.02. The molecule has 2 atom stereocenters. The molecule has 1 amide bonds. The van der Waals surface area contributed by atoms with Gasteiger partial charge in [-0.25, -0.2) is 5.01 Å². The van der Waals surface area contributed by atoms with E-state index in [2.05, 4.69) is 34.7 Å². The number of fused-ring (bicyclic) bond motifs is 1. The number of carbonyl (C=O) groups is 1. The predicted molar refractivity (Wildman–Crippen MR) is 115 cm³/mol. The fourth-order valence-electron chi connectivity index (χ4n) is 4.35. The normalized spacial score (nSPS) is 21.5. The molecule has 1 aromatic carbocycles. The van der Waals surface area contributed by atoms with Crippen LogP contribution in [0.1, 0.15) is 42.4 Å². The molecule has 0 unspecified atom stereocenters. The van der Waals surface area contributed by atoms with Gasteiger partial charge in [0.2, 0.25) is 0 Å². The van der Waals surface area contributed by atoms with Crippen LogP contribution < -0.4 is 0 Å². The highest BCUT2D eigenvalue weighted by Crippen LogP contribution is 2.34. The van der Waals surface area contributed by atoms with Crippen molar-refractivity contribution in [2.75, 3.05) is 13.1 Å². The quantitative estimate of drug-likeness (QED) is 0.622. The van der Waals surface area contributed by atoms with Gasteiger partial charge in [0, 0.05) is 42.5 Å². The van der Waals surface area contributed by atoms with Crippen LogP contribution in [0.3, 0.4) is 0 Å². The Morgan fingerprint density at radius 1 is 1.17 bits per heavy atom. The van der Waals surface area contributed by atoms with Crippen LogP contribution in [0, 0.1) is 0 Å². The first kappa shape index (κ1) is 19.2. The molecule has 5 rings (SSSR count). The summed E-state index contributed by atoms with van der Waals surface area (Å²) in [6.45, 7) is 4.19. The molecule has 0 saturated carbocycles. The highest BCUT2D eigenvalue weighted by Gasteiger charge is 2.36. The summed E-state index contributed by atoms with van der Waals surface area (Å²) in [5, 5.41) is 6.99. The van der Waals surface area contributed by atoms with Crippen LogP contribution in [0.4, 0.5) is 0 Å². The van der Waals surface area contributed by atoms with Crippen molar-refractivity contribution in [3.05, 3.63) is 83.0 Å². The summed E-state index contributed by atoms with van der Waals surface area (Å²) < 4.78 is 7.90. The van der Waals surface area contributed by atoms with Crippen LogP contribution in [0.2, 0.25) is 5.02 Å². The zero-order valence-electron chi connectivity index (χ0n) is 16.7. The molecular formula is C23H23ClN4O2. The second-order valence-electron chi connectivity index (χ2n) is 7.80. The molecule has 0 spiro atoms. The minimum absolute atomic E-state index is 0.0211. The van der Waals surface area contributed by atoms with Gasteiger partial charge in [0.1, 0.15) is 11.8 Å². The number of amides is 1. The van der Waals surface area contributed by atoms with Crippen molar-refractivity contribution >= 4 is 23.2 Å². The lowest BCUT2D eigenvalue weighted by molar-refractivity contribution is -0.135. The fourth-order valence-corrected chi connectivity index (χ4v) is 4.47. The zero-order chi connectivity index (χ0) is 20.7. The third-order valence-corrected chi connectivity index (χ3v) is 6.27. The summed E-state index contributed by atoms with van der Waals surface area (Å²) in [4.78, 5) is 15.6. The summed E-state index contributed by atoms with van der Waals surface area (Å²) in [7, 11) is 0. The maximum Gasteiger partial charge on any atom is 0.257 e. The van der Waals surface area contributed by atoms with E-state index in [1.807, 2.05) is 36.4 Å². The number of hydrazone groups is 1. The number of carbonyl (C=O) groups excluding carboxylic acids is 1. The number of hydrogen-bond acceptors (Lipinski definition) is 4. The van der Waals surface area contributed by atoms with Crippen LogP contribution in [-0.2, 0) is 11.3 Å². The van der Waals surface area contributed by atoms with E-state index < -0.39 is 0 Å². The van der Waals surface area contributed by atoms with Crippen molar-refractivity contribution in [1.82, 2.24) is 14.5 Å². The van der Waals surface area contributed by atoms with Gasteiger partial charge in [0.25, 0.3) is 5.91 Å². The molecule has 2 aliphatic rings. The molecule has 30 heavy (non-hydrogen) atoms. The Bertz CT molecular complexity index is 1070. The average Bonchev–Trinajstić information content (AvgIpc) is 3.50. The predicted octanol–water partition coefficient (Wildman–Crippen LogP) is 4.49. The minimum Gasteiger partial charge on any atom is -0.467 e. The van der Waals surface area contributed by atoms with Crippen molar-refractivity contribution in [3.8, 4) is 0 Å². The molecule has 154 valence electrons. The van der Waals surface area contributed by atoms with Crippen molar-refractivity contribution in [2.45, 2.75) is 32.0 Å².